The second-order valence-corrected chi connectivity index (χ2v) is 4.55. The molecular formula is C11H13NOS. The number of rotatable bonds is 3. The van der Waals surface area contributed by atoms with E-state index in [4.69, 9.17) is 4.42 Å². The lowest BCUT2D eigenvalue weighted by Gasteiger charge is -2.11. The standard InChI is InChI=1S/C11H13NOS/c1-8-3-4-10(14-8)11(12-2)9-5-6-13-7-9/h3-7,11-12H,1-2H3. The second kappa shape index (κ2) is 3.98. The fourth-order valence-corrected chi connectivity index (χ4v) is 2.54. The Morgan fingerprint density at radius 1 is 1.36 bits per heavy atom. The monoisotopic (exact) mass is 207 g/mol. The Hall–Kier alpha value is -1.06. The van der Waals surface area contributed by atoms with Crippen LogP contribution in [0.25, 0.3) is 0 Å². The predicted octanol–water partition coefficient (Wildman–Crippen LogP) is 2.96. The molecule has 1 unspecified atom stereocenters. The van der Waals surface area contributed by atoms with Crippen molar-refractivity contribution < 1.29 is 4.42 Å². The number of thiophene rings is 1. The Morgan fingerprint density at radius 2 is 2.21 bits per heavy atom. The molecule has 0 bridgehead atoms. The first-order valence-electron chi connectivity index (χ1n) is 4.57. The molecule has 0 saturated heterocycles. The minimum absolute atomic E-state index is 0.257. The highest BCUT2D eigenvalue weighted by Crippen LogP contribution is 2.27. The van der Waals surface area contributed by atoms with Crippen LogP contribution in [-0.4, -0.2) is 7.05 Å². The van der Waals surface area contributed by atoms with Gasteiger partial charge in [0.05, 0.1) is 18.6 Å². The van der Waals surface area contributed by atoms with Gasteiger partial charge in [-0.05, 0) is 32.2 Å². The molecule has 1 atom stereocenters. The Labute approximate surface area is 87.6 Å². The third-order valence-corrected chi connectivity index (χ3v) is 3.28. The third kappa shape index (κ3) is 1.74. The lowest BCUT2D eigenvalue weighted by Crippen LogP contribution is -2.15. The van der Waals surface area contributed by atoms with Crippen molar-refractivity contribution >= 4 is 11.3 Å². The summed E-state index contributed by atoms with van der Waals surface area (Å²) in [4.78, 5) is 2.66. The molecule has 0 aromatic carbocycles. The van der Waals surface area contributed by atoms with Crippen molar-refractivity contribution in [2.45, 2.75) is 13.0 Å². The van der Waals surface area contributed by atoms with Gasteiger partial charge in [-0.25, -0.2) is 0 Å². The van der Waals surface area contributed by atoms with Crippen molar-refractivity contribution in [3.05, 3.63) is 46.0 Å². The van der Waals surface area contributed by atoms with Gasteiger partial charge < -0.3 is 9.73 Å². The molecule has 2 rings (SSSR count). The van der Waals surface area contributed by atoms with Crippen LogP contribution in [0, 0.1) is 6.92 Å². The Morgan fingerprint density at radius 3 is 2.71 bits per heavy atom. The summed E-state index contributed by atoms with van der Waals surface area (Å²) in [6, 6.07) is 6.56. The summed E-state index contributed by atoms with van der Waals surface area (Å²) in [5.41, 5.74) is 1.18. The van der Waals surface area contributed by atoms with E-state index in [-0.39, 0.29) is 6.04 Å². The number of nitrogens with one attached hydrogen (secondary N) is 1. The van der Waals surface area contributed by atoms with E-state index >= 15 is 0 Å². The van der Waals surface area contributed by atoms with Gasteiger partial charge in [0.25, 0.3) is 0 Å². The first kappa shape index (κ1) is 9.49. The van der Waals surface area contributed by atoms with E-state index in [0.717, 1.165) is 0 Å². The van der Waals surface area contributed by atoms with Crippen LogP contribution in [0.1, 0.15) is 21.4 Å². The van der Waals surface area contributed by atoms with E-state index in [1.165, 1.54) is 15.3 Å². The summed E-state index contributed by atoms with van der Waals surface area (Å²) in [6.07, 6.45) is 3.50. The minimum Gasteiger partial charge on any atom is -0.472 e. The average Bonchev–Trinajstić information content (AvgIpc) is 2.79. The van der Waals surface area contributed by atoms with E-state index in [1.54, 1.807) is 12.5 Å². The van der Waals surface area contributed by atoms with Crippen LogP contribution in [0.3, 0.4) is 0 Å². The lowest BCUT2D eigenvalue weighted by atomic mass is 10.1. The van der Waals surface area contributed by atoms with E-state index in [0.29, 0.717) is 0 Å². The van der Waals surface area contributed by atoms with Crippen molar-refractivity contribution in [3.8, 4) is 0 Å². The SMILES string of the molecule is CNC(c1ccoc1)c1ccc(C)s1. The molecule has 0 amide bonds. The number of hydrogen-bond donors (Lipinski definition) is 1. The topological polar surface area (TPSA) is 25.2 Å². The Balaban J connectivity index is 2.31. The van der Waals surface area contributed by atoms with Crippen LogP contribution < -0.4 is 5.32 Å². The average molecular weight is 207 g/mol. The van der Waals surface area contributed by atoms with E-state index in [1.807, 2.05) is 24.5 Å². The van der Waals surface area contributed by atoms with Crippen molar-refractivity contribution in [1.29, 1.82) is 0 Å². The molecule has 0 saturated carbocycles. The maximum atomic E-state index is 5.09. The van der Waals surface area contributed by atoms with Crippen LogP contribution in [-0.2, 0) is 0 Å². The summed E-state index contributed by atoms with van der Waals surface area (Å²) >= 11 is 1.81. The first-order valence-corrected chi connectivity index (χ1v) is 5.38. The Bertz CT molecular complexity index is 391. The predicted molar refractivity (Wildman–Crippen MR) is 58.7 cm³/mol. The van der Waals surface area contributed by atoms with Gasteiger partial charge in [0, 0.05) is 15.3 Å². The van der Waals surface area contributed by atoms with Gasteiger partial charge in [-0.3, -0.25) is 0 Å². The number of aryl methyl sites for hydroxylation is 1. The quantitative estimate of drug-likeness (QED) is 0.837. The molecule has 2 aromatic heterocycles. The van der Waals surface area contributed by atoms with Gasteiger partial charge in [0.15, 0.2) is 0 Å². The first-order chi connectivity index (χ1) is 6.81. The highest BCUT2D eigenvalue weighted by Gasteiger charge is 2.14. The molecular weight excluding hydrogens is 194 g/mol. The van der Waals surface area contributed by atoms with Crippen molar-refractivity contribution in [2.75, 3.05) is 7.05 Å². The van der Waals surface area contributed by atoms with Crippen LogP contribution in [0.4, 0.5) is 0 Å². The van der Waals surface area contributed by atoms with Gasteiger partial charge in [-0.2, -0.15) is 0 Å². The zero-order valence-corrected chi connectivity index (χ0v) is 9.10. The smallest absolute Gasteiger partial charge is 0.0954 e. The zero-order chi connectivity index (χ0) is 9.97. The minimum atomic E-state index is 0.257. The summed E-state index contributed by atoms with van der Waals surface area (Å²) in [6.45, 7) is 2.12. The summed E-state index contributed by atoms with van der Waals surface area (Å²) in [5, 5.41) is 3.28. The second-order valence-electron chi connectivity index (χ2n) is 3.23. The normalized spacial score (nSPS) is 13.0. The van der Waals surface area contributed by atoms with Crippen molar-refractivity contribution in [2.24, 2.45) is 0 Å². The van der Waals surface area contributed by atoms with E-state index in [9.17, 15) is 0 Å². The number of hydrogen-bond acceptors (Lipinski definition) is 3. The maximum Gasteiger partial charge on any atom is 0.0954 e. The molecule has 2 heterocycles. The van der Waals surface area contributed by atoms with Crippen LogP contribution in [0.5, 0.6) is 0 Å². The fourth-order valence-electron chi connectivity index (χ4n) is 1.52. The number of furan rings is 1. The molecule has 0 aliphatic carbocycles. The Kier molecular flexibility index (Phi) is 2.70. The molecule has 0 spiro atoms. The van der Waals surface area contributed by atoms with Crippen molar-refractivity contribution in [3.63, 3.8) is 0 Å². The van der Waals surface area contributed by atoms with Crippen LogP contribution in [0.15, 0.2) is 35.1 Å². The third-order valence-electron chi connectivity index (χ3n) is 2.21. The summed E-state index contributed by atoms with van der Waals surface area (Å²) in [7, 11) is 1.96. The molecule has 0 aliphatic heterocycles. The molecule has 74 valence electrons. The van der Waals surface area contributed by atoms with E-state index in [2.05, 4.69) is 24.4 Å². The van der Waals surface area contributed by atoms with E-state index < -0.39 is 0 Å². The largest absolute Gasteiger partial charge is 0.472 e. The molecule has 2 aromatic rings. The van der Waals surface area contributed by atoms with Gasteiger partial charge in [-0.1, -0.05) is 0 Å². The van der Waals surface area contributed by atoms with Gasteiger partial charge in [0.2, 0.25) is 0 Å². The fraction of sp³-hybridized carbons (Fsp3) is 0.273. The lowest BCUT2D eigenvalue weighted by molar-refractivity contribution is 0.558. The van der Waals surface area contributed by atoms with Gasteiger partial charge >= 0.3 is 0 Å². The maximum absolute atomic E-state index is 5.09. The molecule has 2 nitrogen and oxygen atoms in total. The molecule has 0 radical (unpaired) electrons. The highest BCUT2D eigenvalue weighted by atomic mass is 32.1. The highest BCUT2D eigenvalue weighted by molar-refractivity contribution is 7.12. The van der Waals surface area contributed by atoms with Crippen LogP contribution >= 0.6 is 11.3 Å². The zero-order valence-electron chi connectivity index (χ0n) is 8.28. The molecule has 1 N–H and O–H groups in total. The molecule has 3 heteroatoms. The van der Waals surface area contributed by atoms with Gasteiger partial charge in [-0.15, -0.1) is 11.3 Å². The molecule has 14 heavy (non-hydrogen) atoms. The van der Waals surface area contributed by atoms with Gasteiger partial charge in [0.1, 0.15) is 0 Å². The summed E-state index contributed by atoms with van der Waals surface area (Å²) < 4.78 is 5.09. The molecule has 0 aliphatic rings. The van der Waals surface area contributed by atoms with Crippen LogP contribution in [0.2, 0.25) is 0 Å². The van der Waals surface area contributed by atoms with Crippen molar-refractivity contribution in [1.82, 2.24) is 5.32 Å². The molecule has 0 fully saturated rings. The summed E-state index contributed by atoms with van der Waals surface area (Å²) in [5.74, 6) is 0.